The number of carbonyl (C=O) groups is 1. The van der Waals surface area contributed by atoms with E-state index < -0.39 is 22.4 Å². The SMILES string of the molecule is Cl.O=C(Cc1ccc(C(F)(F)F)cc1[N+](=O)[O-])NC1CCCCC1N1CCCC1. The first-order valence-corrected chi connectivity index (χ1v) is 9.63. The number of benzene rings is 1. The molecule has 162 valence electrons. The molecule has 0 spiro atoms. The number of hydrogen-bond acceptors (Lipinski definition) is 4. The average Bonchev–Trinajstić information content (AvgIpc) is 3.15. The zero-order valence-corrected chi connectivity index (χ0v) is 16.7. The van der Waals surface area contributed by atoms with Crippen molar-refractivity contribution < 1.29 is 22.9 Å². The summed E-state index contributed by atoms with van der Waals surface area (Å²) < 4.78 is 38.5. The monoisotopic (exact) mass is 435 g/mol. The molecule has 1 saturated heterocycles. The summed E-state index contributed by atoms with van der Waals surface area (Å²) >= 11 is 0. The number of nitrogens with one attached hydrogen (secondary N) is 1. The van der Waals surface area contributed by atoms with Gasteiger partial charge in [0.25, 0.3) is 5.69 Å². The second-order valence-corrected chi connectivity index (χ2v) is 7.54. The van der Waals surface area contributed by atoms with E-state index in [9.17, 15) is 28.1 Å². The van der Waals surface area contributed by atoms with Crippen LogP contribution in [-0.4, -0.2) is 40.9 Å². The Morgan fingerprint density at radius 3 is 2.45 bits per heavy atom. The Kier molecular flexibility index (Phi) is 7.87. The minimum atomic E-state index is -4.67. The molecule has 1 N–H and O–H groups in total. The van der Waals surface area contributed by atoms with Crippen LogP contribution in [0.1, 0.15) is 49.7 Å². The maximum atomic E-state index is 12.8. The summed E-state index contributed by atoms with van der Waals surface area (Å²) in [6.45, 7) is 2.03. The summed E-state index contributed by atoms with van der Waals surface area (Å²) in [6, 6.07) is 2.55. The van der Waals surface area contributed by atoms with Crippen LogP contribution >= 0.6 is 12.4 Å². The Morgan fingerprint density at radius 1 is 1.17 bits per heavy atom. The van der Waals surface area contributed by atoms with E-state index in [2.05, 4.69) is 10.2 Å². The minimum Gasteiger partial charge on any atom is -0.352 e. The highest BCUT2D eigenvalue weighted by Crippen LogP contribution is 2.33. The van der Waals surface area contributed by atoms with Gasteiger partial charge in [0.2, 0.25) is 5.91 Å². The normalized spacial score (nSPS) is 22.7. The first-order valence-electron chi connectivity index (χ1n) is 9.63. The summed E-state index contributed by atoms with van der Waals surface area (Å²) in [5, 5.41) is 14.2. The van der Waals surface area contributed by atoms with E-state index in [1.165, 1.54) is 0 Å². The van der Waals surface area contributed by atoms with Crippen molar-refractivity contribution in [2.75, 3.05) is 13.1 Å². The van der Waals surface area contributed by atoms with Crippen molar-refractivity contribution in [3.8, 4) is 0 Å². The first kappa shape index (κ1) is 23.4. The van der Waals surface area contributed by atoms with Crippen molar-refractivity contribution in [1.29, 1.82) is 0 Å². The van der Waals surface area contributed by atoms with Crippen LogP contribution in [0.4, 0.5) is 18.9 Å². The van der Waals surface area contributed by atoms with Gasteiger partial charge in [-0.15, -0.1) is 12.4 Å². The first-order chi connectivity index (χ1) is 13.3. The van der Waals surface area contributed by atoms with Crippen molar-refractivity contribution in [1.82, 2.24) is 10.2 Å². The van der Waals surface area contributed by atoms with Crippen LogP contribution in [0.5, 0.6) is 0 Å². The van der Waals surface area contributed by atoms with Crippen molar-refractivity contribution in [3.63, 3.8) is 0 Å². The van der Waals surface area contributed by atoms with Crippen molar-refractivity contribution in [2.45, 2.75) is 63.2 Å². The number of hydrogen-bond donors (Lipinski definition) is 1. The molecule has 1 aromatic rings. The zero-order valence-electron chi connectivity index (χ0n) is 15.9. The van der Waals surface area contributed by atoms with Gasteiger partial charge < -0.3 is 5.32 Å². The van der Waals surface area contributed by atoms with Crippen LogP contribution in [0.3, 0.4) is 0 Å². The van der Waals surface area contributed by atoms with Gasteiger partial charge in [-0.3, -0.25) is 19.8 Å². The van der Waals surface area contributed by atoms with Crippen LogP contribution in [0.2, 0.25) is 0 Å². The summed E-state index contributed by atoms with van der Waals surface area (Å²) in [5.74, 6) is -0.390. The highest BCUT2D eigenvalue weighted by molar-refractivity contribution is 5.85. The van der Waals surface area contributed by atoms with E-state index in [1.54, 1.807) is 0 Å². The standard InChI is InChI=1S/C19H24F3N3O3.ClH/c20-19(21,22)14-8-7-13(17(12-14)25(27)28)11-18(26)23-15-5-1-2-6-16(15)24-9-3-4-10-24;/h7-8,12,15-16H,1-6,9-11H2,(H,23,26);1H. The lowest BCUT2D eigenvalue weighted by molar-refractivity contribution is -0.385. The largest absolute Gasteiger partial charge is 0.416 e. The van der Waals surface area contributed by atoms with Crippen molar-refractivity contribution >= 4 is 24.0 Å². The Morgan fingerprint density at radius 2 is 1.83 bits per heavy atom. The molecule has 1 saturated carbocycles. The molecule has 1 heterocycles. The van der Waals surface area contributed by atoms with E-state index in [-0.39, 0.29) is 42.4 Å². The third-order valence-electron chi connectivity index (χ3n) is 5.65. The van der Waals surface area contributed by atoms with E-state index in [0.29, 0.717) is 6.07 Å². The topological polar surface area (TPSA) is 75.5 Å². The fraction of sp³-hybridized carbons (Fsp3) is 0.632. The number of rotatable bonds is 5. The molecule has 0 bridgehead atoms. The number of nitro groups is 1. The molecule has 1 amide bonds. The number of likely N-dealkylation sites (tertiary alicyclic amines) is 1. The number of halogens is 4. The van der Waals surface area contributed by atoms with Gasteiger partial charge in [0, 0.05) is 23.7 Å². The number of nitro benzene ring substituents is 1. The van der Waals surface area contributed by atoms with Gasteiger partial charge in [-0.2, -0.15) is 13.2 Å². The maximum Gasteiger partial charge on any atom is 0.416 e. The zero-order chi connectivity index (χ0) is 20.3. The van der Waals surface area contributed by atoms with Crippen LogP contribution in [0, 0.1) is 10.1 Å². The molecule has 1 aliphatic carbocycles. The second kappa shape index (κ2) is 9.75. The van der Waals surface area contributed by atoms with Gasteiger partial charge in [-0.25, -0.2) is 0 Å². The number of carbonyl (C=O) groups excluding carboxylic acids is 1. The third kappa shape index (κ3) is 5.82. The fourth-order valence-electron chi connectivity index (χ4n) is 4.28. The lowest BCUT2D eigenvalue weighted by Crippen LogP contribution is -2.52. The third-order valence-corrected chi connectivity index (χ3v) is 5.65. The van der Waals surface area contributed by atoms with E-state index in [0.717, 1.165) is 63.7 Å². The van der Waals surface area contributed by atoms with E-state index in [4.69, 9.17) is 0 Å². The number of nitrogens with zero attached hydrogens (tertiary/aromatic N) is 2. The maximum absolute atomic E-state index is 12.8. The highest BCUT2D eigenvalue weighted by atomic mass is 35.5. The molecule has 1 aliphatic heterocycles. The molecule has 0 aromatic heterocycles. The molecular weight excluding hydrogens is 411 g/mol. The van der Waals surface area contributed by atoms with Crippen LogP contribution in [0.15, 0.2) is 18.2 Å². The van der Waals surface area contributed by atoms with Gasteiger partial charge in [0.15, 0.2) is 0 Å². The minimum absolute atomic E-state index is 0. The van der Waals surface area contributed by atoms with Gasteiger partial charge in [-0.1, -0.05) is 18.9 Å². The van der Waals surface area contributed by atoms with Gasteiger partial charge in [-0.05, 0) is 44.8 Å². The Bertz CT molecular complexity index is 739. The van der Waals surface area contributed by atoms with Gasteiger partial charge >= 0.3 is 6.18 Å². The Labute approximate surface area is 173 Å². The second-order valence-electron chi connectivity index (χ2n) is 7.54. The van der Waals surface area contributed by atoms with Crippen LogP contribution in [0.25, 0.3) is 0 Å². The van der Waals surface area contributed by atoms with Crippen molar-refractivity contribution in [3.05, 3.63) is 39.4 Å². The molecule has 2 fully saturated rings. The smallest absolute Gasteiger partial charge is 0.352 e. The molecule has 2 unspecified atom stereocenters. The predicted octanol–water partition coefficient (Wildman–Crippen LogP) is 4.10. The predicted molar refractivity (Wildman–Crippen MR) is 104 cm³/mol. The molecule has 29 heavy (non-hydrogen) atoms. The summed E-state index contributed by atoms with van der Waals surface area (Å²) in [6.07, 6.45) is 1.29. The van der Waals surface area contributed by atoms with Gasteiger partial charge in [0.1, 0.15) is 0 Å². The van der Waals surface area contributed by atoms with E-state index in [1.807, 2.05) is 0 Å². The number of amides is 1. The van der Waals surface area contributed by atoms with Crippen LogP contribution < -0.4 is 5.32 Å². The highest BCUT2D eigenvalue weighted by Gasteiger charge is 2.34. The fourth-order valence-corrected chi connectivity index (χ4v) is 4.28. The molecule has 6 nitrogen and oxygen atoms in total. The number of alkyl halides is 3. The Balaban J connectivity index is 0.00000300. The molecule has 1 aromatic carbocycles. The Hall–Kier alpha value is -1.87. The average molecular weight is 436 g/mol. The quantitative estimate of drug-likeness (QED) is 0.558. The summed E-state index contributed by atoms with van der Waals surface area (Å²) in [5.41, 5.74) is -1.78. The van der Waals surface area contributed by atoms with E-state index >= 15 is 0 Å². The molecule has 10 heteroatoms. The molecular formula is C19H25ClF3N3O3. The van der Waals surface area contributed by atoms with Gasteiger partial charge in [0.05, 0.1) is 16.9 Å². The lowest BCUT2D eigenvalue weighted by Gasteiger charge is -2.38. The molecule has 3 rings (SSSR count). The summed E-state index contributed by atoms with van der Waals surface area (Å²) in [7, 11) is 0. The van der Waals surface area contributed by atoms with Crippen molar-refractivity contribution in [2.24, 2.45) is 0 Å². The molecule has 2 aliphatic rings. The lowest BCUT2D eigenvalue weighted by atomic mass is 9.89. The van der Waals surface area contributed by atoms with Crippen LogP contribution in [-0.2, 0) is 17.4 Å². The molecule has 0 radical (unpaired) electrons. The molecule has 2 atom stereocenters. The summed E-state index contributed by atoms with van der Waals surface area (Å²) in [4.78, 5) is 25.2.